The minimum absolute atomic E-state index is 0.0654. The molecule has 0 saturated heterocycles. The second-order valence-corrected chi connectivity index (χ2v) is 5.52. The molecule has 0 spiro atoms. The summed E-state index contributed by atoms with van der Waals surface area (Å²) in [6.45, 7) is 0.261. The number of halogens is 2. The lowest BCUT2D eigenvalue weighted by molar-refractivity contribution is 0.283. The summed E-state index contributed by atoms with van der Waals surface area (Å²) < 4.78 is 51.2. The quantitative estimate of drug-likeness (QED) is 0.742. The lowest BCUT2D eigenvalue weighted by Crippen LogP contribution is -2.25. The standard InChI is InChI=1S/C11H15F2NO3S/c12-10-5-4-9(8-11(10)13)18(16,17)14-6-2-1-3-7-15/h4-5,8,14-15H,1-3,6-7H2. The van der Waals surface area contributed by atoms with Crippen molar-refractivity contribution in [3.63, 3.8) is 0 Å². The van der Waals surface area contributed by atoms with E-state index in [9.17, 15) is 17.2 Å². The van der Waals surface area contributed by atoms with Crippen LogP contribution in [0.15, 0.2) is 23.1 Å². The van der Waals surface area contributed by atoms with Crippen LogP contribution >= 0.6 is 0 Å². The molecule has 0 bridgehead atoms. The number of hydrogen-bond donors (Lipinski definition) is 2. The monoisotopic (exact) mass is 279 g/mol. The highest BCUT2D eigenvalue weighted by molar-refractivity contribution is 7.89. The molecule has 0 aromatic heterocycles. The molecule has 0 aliphatic heterocycles. The van der Waals surface area contributed by atoms with Gasteiger partial charge >= 0.3 is 0 Å². The molecule has 0 fully saturated rings. The van der Waals surface area contributed by atoms with Crippen LogP contribution in [0, 0.1) is 11.6 Å². The molecule has 1 aromatic carbocycles. The van der Waals surface area contributed by atoms with Gasteiger partial charge in [0, 0.05) is 13.2 Å². The third-order valence-corrected chi connectivity index (χ3v) is 3.79. The maximum Gasteiger partial charge on any atom is 0.240 e. The van der Waals surface area contributed by atoms with Crippen molar-refractivity contribution >= 4 is 10.0 Å². The van der Waals surface area contributed by atoms with Crippen LogP contribution in [0.5, 0.6) is 0 Å². The van der Waals surface area contributed by atoms with E-state index < -0.39 is 21.7 Å². The van der Waals surface area contributed by atoms with Crippen LogP contribution in [0.2, 0.25) is 0 Å². The molecule has 7 heteroatoms. The fourth-order valence-corrected chi connectivity index (χ4v) is 2.43. The van der Waals surface area contributed by atoms with Crippen LogP contribution in [0.4, 0.5) is 8.78 Å². The largest absolute Gasteiger partial charge is 0.396 e. The van der Waals surface area contributed by atoms with Crippen molar-refractivity contribution < 1.29 is 22.3 Å². The Labute approximate surface area is 105 Å². The number of nitrogens with one attached hydrogen (secondary N) is 1. The zero-order valence-electron chi connectivity index (χ0n) is 9.70. The highest BCUT2D eigenvalue weighted by atomic mass is 32.2. The lowest BCUT2D eigenvalue weighted by Gasteiger charge is -2.06. The molecular weight excluding hydrogens is 264 g/mol. The smallest absolute Gasteiger partial charge is 0.240 e. The summed E-state index contributed by atoms with van der Waals surface area (Å²) in [6, 6.07) is 2.43. The van der Waals surface area contributed by atoms with Gasteiger partial charge in [-0.2, -0.15) is 0 Å². The average molecular weight is 279 g/mol. The van der Waals surface area contributed by atoms with Crippen LogP contribution in [-0.4, -0.2) is 26.7 Å². The van der Waals surface area contributed by atoms with Crippen LogP contribution in [0.25, 0.3) is 0 Å². The maximum atomic E-state index is 12.9. The van der Waals surface area contributed by atoms with Gasteiger partial charge in [-0.3, -0.25) is 0 Å². The van der Waals surface area contributed by atoms with Gasteiger partial charge in [-0.05, 0) is 37.5 Å². The Hall–Kier alpha value is -1.05. The minimum Gasteiger partial charge on any atom is -0.396 e. The number of sulfonamides is 1. The first-order chi connectivity index (χ1) is 8.47. The van der Waals surface area contributed by atoms with Gasteiger partial charge in [0.2, 0.25) is 10.0 Å². The summed E-state index contributed by atoms with van der Waals surface area (Å²) in [5, 5.41) is 8.54. The first-order valence-electron chi connectivity index (χ1n) is 5.53. The molecular formula is C11H15F2NO3S. The summed E-state index contributed by atoms with van der Waals surface area (Å²) in [4.78, 5) is -0.302. The number of benzene rings is 1. The molecule has 1 aromatic rings. The van der Waals surface area contributed by atoms with Crippen LogP contribution in [0.3, 0.4) is 0 Å². The Kier molecular flexibility index (Phi) is 5.64. The SMILES string of the molecule is O=S(=O)(NCCCCCO)c1ccc(F)c(F)c1. The minimum atomic E-state index is -3.81. The van der Waals surface area contributed by atoms with Crippen molar-refractivity contribution in [1.29, 1.82) is 0 Å². The van der Waals surface area contributed by atoms with Gasteiger partial charge in [-0.15, -0.1) is 0 Å². The van der Waals surface area contributed by atoms with E-state index in [1.807, 2.05) is 0 Å². The molecule has 2 N–H and O–H groups in total. The van der Waals surface area contributed by atoms with E-state index in [1.54, 1.807) is 0 Å². The normalized spacial score (nSPS) is 11.7. The molecule has 1 rings (SSSR count). The van der Waals surface area contributed by atoms with Gasteiger partial charge in [0.05, 0.1) is 4.90 Å². The average Bonchev–Trinajstić information content (AvgIpc) is 2.32. The Bertz CT molecular complexity index is 491. The first-order valence-corrected chi connectivity index (χ1v) is 7.01. The highest BCUT2D eigenvalue weighted by Crippen LogP contribution is 2.13. The van der Waals surface area contributed by atoms with Crippen LogP contribution < -0.4 is 4.72 Å². The van der Waals surface area contributed by atoms with E-state index in [1.165, 1.54) is 0 Å². The van der Waals surface area contributed by atoms with Crippen molar-refractivity contribution in [3.05, 3.63) is 29.8 Å². The number of rotatable bonds is 7. The van der Waals surface area contributed by atoms with Crippen molar-refractivity contribution in [1.82, 2.24) is 4.72 Å². The number of aliphatic hydroxyl groups is 1. The summed E-state index contributed by atoms with van der Waals surface area (Å²) in [5.41, 5.74) is 0. The Morgan fingerprint density at radius 3 is 2.44 bits per heavy atom. The van der Waals surface area contributed by atoms with E-state index >= 15 is 0 Å². The topological polar surface area (TPSA) is 66.4 Å². The van der Waals surface area contributed by atoms with Crippen molar-refractivity contribution in [2.24, 2.45) is 0 Å². The third kappa shape index (κ3) is 4.32. The molecule has 0 amide bonds. The van der Waals surface area contributed by atoms with Crippen LogP contribution in [0.1, 0.15) is 19.3 Å². The molecule has 0 unspecified atom stereocenters. The number of hydrogen-bond acceptors (Lipinski definition) is 3. The molecule has 0 atom stereocenters. The Morgan fingerprint density at radius 2 is 1.83 bits per heavy atom. The summed E-state index contributed by atoms with van der Waals surface area (Å²) in [6.07, 6.45) is 1.87. The predicted octanol–water partition coefficient (Wildman–Crippen LogP) is 1.41. The molecule has 0 heterocycles. The lowest BCUT2D eigenvalue weighted by atomic mass is 10.2. The molecule has 0 aliphatic carbocycles. The molecule has 0 aliphatic rings. The highest BCUT2D eigenvalue weighted by Gasteiger charge is 2.15. The molecule has 0 radical (unpaired) electrons. The van der Waals surface area contributed by atoms with Crippen molar-refractivity contribution in [2.45, 2.75) is 24.2 Å². The molecule has 4 nitrogen and oxygen atoms in total. The number of unbranched alkanes of at least 4 members (excludes halogenated alkanes) is 2. The van der Waals surface area contributed by atoms with Crippen molar-refractivity contribution in [3.8, 4) is 0 Å². The Balaban J connectivity index is 2.60. The zero-order valence-corrected chi connectivity index (χ0v) is 10.5. The van der Waals surface area contributed by atoms with E-state index in [0.717, 1.165) is 12.1 Å². The fraction of sp³-hybridized carbons (Fsp3) is 0.455. The van der Waals surface area contributed by atoms with E-state index in [-0.39, 0.29) is 18.0 Å². The van der Waals surface area contributed by atoms with Gasteiger partial charge in [-0.1, -0.05) is 0 Å². The summed E-state index contributed by atoms with van der Waals surface area (Å²) in [5.74, 6) is -2.28. The Morgan fingerprint density at radius 1 is 1.11 bits per heavy atom. The van der Waals surface area contributed by atoms with Gasteiger partial charge < -0.3 is 5.11 Å². The van der Waals surface area contributed by atoms with Crippen LogP contribution in [-0.2, 0) is 10.0 Å². The number of aliphatic hydroxyl groups excluding tert-OH is 1. The third-order valence-electron chi connectivity index (χ3n) is 2.33. The van der Waals surface area contributed by atoms with Gasteiger partial charge in [0.15, 0.2) is 11.6 Å². The van der Waals surface area contributed by atoms with E-state index in [2.05, 4.69) is 4.72 Å². The molecule has 18 heavy (non-hydrogen) atoms. The van der Waals surface area contributed by atoms with E-state index in [4.69, 9.17) is 5.11 Å². The summed E-state index contributed by atoms with van der Waals surface area (Å²) in [7, 11) is -3.81. The molecule has 0 saturated carbocycles. The van der Waals surface area contributed by atoms with Gasteiger partial charge in [0.25, 0.3) is 0 Å². The van der Waals surface area contributed by atoms with Crippen molar-refractivity contribution in [2.75, 3.05) is 13.2 Å². The second kappa shape index (κ2) is 6.77. The fourth-order valence-electron chi connectivity index (χ4n) is 1.35. The zero-order chi connectivity index (χ0) is 13.6. The predicted molar refractivity (Wildman–Crippen MR) is 62.5 cm³/mol. The molecule has 102 valence electrons. The summed E-state index contributed by atoms with van der Waals surface area (Å²) >= 11 is 0. The van der Waals surface area contributed by atoms with Gasteiger partial charge in [0.1, 0.15) is 0 Å². The maximum absolute atomic E-state index is 12.9. The van der Waals surface area contributed by atoms with E-state index in [0.29, 0.717) is 25.3 Å². The first kappa shape index (κ1) is 15.0. The second-order valence-electron chi connectivity index (χ2n) is 3.76. The van der Waals surface area contributed by atoms with Gasteiger partial charge in [-0.25, -0.2) is 21.9 Å².